The molecule has 4 nitrogen and oxygen atoms in total. The van der Waals surface area contributed by atoms with Crippen molar-refractivity contribution in [2.75, 3.05) is 6.54 Å². The molecule has 0 bridgehead atoms. The van der Waals surface area contributed by atoms with E-state index in [2.05, 4.69) is 0 Å². The van der Waals surface area contributed by atoms with Crippen molar-refractivity contribution >= 4 is 8.56 Å². The van der Waals surface area contributed by atoms with Crippen LogP contribution in [0.5, 0.6) is 0 Å². The third kappa shape index (κ3) is 10.6. The Kier molecular flexibility index (Phi) is 9.16. The van der Waals surface area contributed by atoms with Gasteiger partial charge in [0, 0.05) is 12.1 Å². The van der Waals surface area contributed by atoms with Crippen LogP contribution >= 0.6 is 0 Å². The Balaban J connectivity index is 3.36. The second-order valence-electron chi connectivity index (χ2n) is 4.82. The Morgan fingerprint density at radius 2 is 1.50 bits per heavy atom. The summed E-state index contributed by atoms with van der Waals surface area (Å²) in [7, 11) is -2.99. The van der Waals surface area contributed by atoms with Crippen LogP contribution in [0.2, 0.25) is 12.1 Å². The van der Waals surface area contributed by atoms with Gasteiger partial charge in [0.2, 0.25) is 0 Å². The van der Waals surface area contributed by atoms with E-state index in [9.17, 15) is 9.59 Å². The molecule has 0 amide bonds. The largest absolute Gasteiger partial charge is 0.411 e. The van der Waals surface area contributed by atoms with E-state index in [1.165, 1.54) is 19.3 Å². The lowest BCUT2D eigenvalue weighted by atomic mass is 10.1. The summed E-state index contributed by atoms with van der Waals surface area (Å²) in [5, 5.41) is 0. The van der Waals surface area contributed by atoms with Crippen molar-refractivity contribution in [3.63, 3.8) is 0 Å². The topological polar surface area (TPSA) is 92.5 Å². The number of rotatable bonds is 10. The van der Waals surface area contributed by atoms with Gasteiger partial charge in [0.15, 0.2) is 0 Å². The minimum absolute atomic E-state index is 0.105. The highest BCUT2D eigenvalue weighted by Gasteiger charge is 2.29. The number of unbranched alkanes of at least 4 members (excludes halogenated alkanes) is 5. The van der Waals surface area contributed by atoms with Crippen molar-refractivity contribution in [3.8, 4) is 0 Å². The summed E-state index contributed by atoms with van der Waals surface area (Å²) in [4.78, 5) is 19.4. The van der Waals surface area contributed by atoms with Gasteiger partial charge in [-0.05, 0) is 19.0 Å². The van der Waals surface area contributed by atoms with Crippen molar-refractivity contribution in [2.24, 2.45) is 11.5 Å². The molecule has 0 radical (unpaired) electrons. The Labute approximate surface area is 100 Å². The maximum atomic E-state index is 9.72. The Hall–Kier alpha value is 0.0569. The standard InChI is InChI=1S/C11H28N2O2Si/c1-11(13)10-16(14,15)9-7-5-3-2-4-6-8-12/h11,14-15H,2-10,12-13H2,1H3. The van der Waals surface area contributed by atoms with Crippen molar-refractivity contribution in [2.45, 2.75) is 63.6 Å². The van der Waals surface area contributed by atoms with Crippen LogP contribution in [0.3, 0.4) is 0 Å². The summed E-state index contributed by atoms with van der Waals surface area (Å²) >= 11 is 0. The van der Waals surface area contributed by atoms with Crippen LogP contribution in [0.4, 0.5) is 0 Å². The minimum Gasteiger partial charge on any atom is -0.411 e. The molecule has 0 aromatic rings. The van der Waals surface area contributed by atoms with Crippen LogP contribution in [0.1, 0.15) is 45.4 Å². The lowest BCUT2D eigenvalue weighted by Gasteiger charge is -2.19. The zero-order valence-electron chi connectivity index (χ0n) is 10.5. The molecule has 0 aliphatic heterocycles. The van der Waals surface area contributed by atoms with Crippen LogP contribution < -0.4 is 11.5 Å². The fraction of sp³-hybridized carbons (Fsp3) is 1.00. The van der Waals surface area contributed by atoms with E-state index in [1.807, 2.05) is 6.92 Å². The first kappa shape index (κ1) is 16.1. The molecule has 0 fully saturated rings. The van der Waals surface area contributed by atoms with Crippen molar-refractivity contribution < 1.29 is 9.59 Å². The summed E-state index contributed by atoms with van der Waals surface area (Å²) in [6, 6.07) is 0.845. The maximum absolute atomic E-state index is 9.72. The van der Waals surface area contributed by atoms with Gasteiger partial charge in [0.1, 0.15) is 0 Å². The monoisotopic (exact) mass is 248 g/mol. The van der Waals surface area contributed by atoms with Gasteiger partial charge in [-0.1, -0.05) is 39.0 Å². The van der Waals surface area contributed by atoms with Gasteiger partial charge < -0.3 is 21.1 Å². The van der Waals surface area contributed by atoms with E-state index in [0.29, 0.717) is 12.1 Å². The highest BCUT2D eigenvalue weighted by molar-refractivity contribution is 6.64. The first-order valence-electron chi connectivity index (χ1n) is 6.38. The van der Waals surface area contributed by atoms with Crippen molar-refractivity contribution in [3.05, 3.63) is 0 Å². The molecule has 0 aromatic heterocycles. The average Bonchev–Trinajstić information content (AvgIpc) is 2.14. The van der Waals surface area contributed by atoms with Crippen LogP contribution in [0.15, 0.2) is 0 Å². The molecule has 16 heavy (non-hydrogen) atoms. The fourth-order valence-corrected chi connectivity index (χ4v) is 3.93. The molecule has 98 valence electrons. The third-order valence-corrected chi connectivity index (χ3v) is 5.13. The van der Waals surface area contributed by atoms with Crippen LogP contribution in [0.25, 0.3) is 0 Å². The highest BCUT2D eigenvalue weighted by atomic mass is 28.4. The van der Waals surface area contributed by atoms with Gasteiger partial charge in [0.25, 0.3) is 0 Å². The van der Waals surface area contributed by atoms with Crippen LogP contribution in [-0.2, 0) is 0 Å². The zero-order chi connectivity index (χ0) is 12.4. The quantitative estimate of drug-likeness (QED) is 0.343. The number of hydrogen-bond donors (Lipinski definition) is 4. The van der Waals surface area contributed by atoms with Crippen molar-refractivity contribution in [1.29, 1.82) is 0 Å². The van der Waals surface area contributed by atoms with E-state index in [0.717, 1.165) is 25.8 Å². The summed E-state index contributed by atoms with van der Waals surface area (Å²) in [6.45, 7) is 2.60. The molecule has 1 unspecified atom stereocenters. The van der Waals surface area contributed by atoms with Gasteiger partial charge in [0.05, 0.1) is 0 Å². The predicted molar refractivity (Wildman–Crippen MR) is 70.2 cm³/mol. The SMILES string of the molecule is CC(N)C[Si](O)(O)CCCCCCCCN. The normalized spacial score (nSPS) is 14.1. The average molecular weight is 248 g/mol. The van der Waals surface area contributed by atoms with Gasteiger partial charge in [-0.3, -0.25) is 0 Å². The summed E-state index contributed by atoms with van der Waals surface area (Å²) in [6.07, 6.45) is 6.66. The molecule has 5 heteroatoms. The summed E-state index contributed by atoms with van der Waals surface area (Å²) in [5.74, 6) is 0. The Morgan fingerprint density at radius 1 is 1.00 bits per heavy atom. The fourth-order valence-electron chi connectivity index (χ4n) is 1.88. The highest BCUT2D eigenvalue weighted by Crippen LogP contribution is 2.16. The molecule has 0 rings (SSSR count). The molecule has 0 aliphatic carbocycles. The molecular weight excluding hydrogens is 220 g/mol. The molecule has 6 N–H and O–H groups in total. The van der Waals surface area contributed by atoms with Gasteiger partial charge in [-0.25, -0.2) is 0 Å². The lowest BCUT2D eigenvalue weighted by molar-refractivity contribution is 0.349. The summed E-state index contributed by atoms with van der Waals surface area (Å²) < 4.78 is 0. The molecule has 0 aromatic carbocycles. The van der Waals surface area contributed by atoms with E-state index >= 15 is 0 Å². The zero-order valence-corrected chi connectivity index (χ0v) is 11.5. The molecule has 0 spiro atoms. The van der Waals surface area contributed by atoms with Gasteiger partial charge >= 0.3 is 8.56 Å². The lowest BCUT2D eigenvalue weighted by Crippen LogP contribution is -2.40. The van der Waals surface area contributed by atoms with Gasteiger partial charge in [-0.15, -0.1) is 0 Å². The Bertz CT molecular complexity index is 166. The van der Waals surface area contributed by atoms with E-state index in [4.69, 9.17) is 11.5 Å². The second kappa shape index (κ2) is 9.12. The minimum atomic E-state index is -2.99. The summed E-state index contributed by atoms with van der Waals surface area (Å²) in [5.41, 5.74) is 11.0. The molecule has 0 aliphatic rings. The van der Waals surface area contributed by atoms with Crippen LogP contribution in [0, 0.1) is 0 Å². The first-order chi connectivity index (χ1) is 7.48. The maximum Gasteiger partial charge on any atom is 0.334 e. The Morgan fingerprint density at radius 3 is 2.00 bits per heavy atom. The van der Waals surface area contributed by atoms with E-state index in [-0.39, 0.29) is 6.04 Å². The molecule has 1 atom stereocenters. The van der Waals surface area contributed by atoms with E-state index < -0.39 is 8.56 Å². The third-order valence-electron chi connectivity index (χ3n) is 2.68. The number of hydrogen-bond acceptors (Lipinski definition) is 4. The molecule has 0 saturated carbocycles. The predicted octanol–water partition coefficient (Wildman–Crippen LogP) is 1.06. The van der Waals surface area contributed by atoms with E-state index in [1.54, 1.807) is 0 Å². The van der Waals surface area contributed by atoms with Crippen LogP contribution in [-0.4, -0.2) is 30.7 Å². The first-order valence-corrected chi connectivity index (χ1v) is 8.69. The van der Waals surface area contributed by atoms with Gasteiger partial charge in [-0.2, -0.15) is 0 Å². The molecule has 0 heterocycles. The smallest absolute Gasteiger partial charge is 0.334 e. The molecular formula is C11H28N2O2Si. The second-order valence-corrected chi connectivity index (χ2v) is 7.70. The number of nitrogens with two attached hydrogens (primary N) is 2. The van der Waals surface area contributed by atoms with Crippen molar-refractivity contribution in [1.82, 2.24) is 0 Å². The molecule has 0 saturated heterocycles.